The molecule has 0 aromatic rings. The third-order valence-electron chi connectivity index (χ3n) is 3.80. The molecule has 0 aromatic carbocycles. The van der Waals surface area contributed by atoms with Gasteiger partial charge in [-0.3, -0.25) is 4.79 Å². The minimum absolute atomic E-state index is 0.208. The van der Waals surface area contributed by atoms with Crippen molar-refractivity contribution in [2.75, 3.05) is 32.8 Å². The molecule has 2 heterocycles. The summed E-state index contributed by atoms with van der Waals surface area (Å²) in [6, 6.07) is 0.368. The highest BCUT2D eigenvalue weighted by Gasteiger charge is 2.25. The maximum absolute atomic E-state index is 11.1. The molecule has 5 heteroatoms. The zero-order valence-corrected chi connectivity index (χ0v) is 11.1. The molecule has 104 valence electrons. The van der Waals surface area contributed by atoms with E-state index in [9.17, 15) is 4.79 Å². The van der Waals surface area contributed by atoms with E-state index in [4.69, 9.17) is 10.5 Å². The number of nitrogens with two attached hydrogens (primary N) is 1. The first-order valence-corrected chi connectivity index (χ1v) is 7.11. The van der Waals surface area contributed by atoms with Crippen LogP contribution >= 0.6 is 0 Å². The summed E-state index contributed by atoms with van der Waals surface area (Å²) in [5.41, 5.74) is 5.45. The molecule has 0 aromatic heterocycles. The smallest absolute Gasteiger partial charge is 0.220 e. The lowest BCUT2D eigenvalue weighted by molar-refractivity contribution is -0.119. The monoisotopic (exact) mass is 255 g/mol. The van der Waals surface area contributed by atoms with Crippen molar-refractivity contribution in [1.29, 1.82) is 0 Å². The summed E-state index contributed by atoms with van der Waals surface area (Å²) in [7, 11) is 0. The van der Waals surface area contributed by atoms with Gasteiger partial charge in [-0.25, -0.2) is 0 Å². The number of nitrogens with zero attached hydrogens (tertiary/aromatic N) is 1. The van der Waals surface area contributed by atoms with Crippen molar-refractivity contribution in [2.24, 2.45) is 5.73 Å². The number of ether oxygens (including phenoxy) is 1. The molecule has 3 N–H and O–H groups in total. The number of hydrogen-bond acceptors (Lipinski definition) is 4. The van der Waals surface area contributed by atoms with Crippen molar-refractivity contribution in [2.45, 2.75) is 44.2 Å². The number of amides is 1. The summed E-state index contributed by atoms with van der Waals surface area (Å²) in [4.78, 5) is 13.6. The predicted molar refractivity (Wildman–Crippen MR) is 70.3 cm³/mol. The van der Waals surface area contributed by atoms with Crippen molar-refractivity contribution in [1.82, 2.24) is 10.2 Å². The van der Waals surface area contributed by atoms with E-state index in [1.807, 2.05) is 0 Å². The number of nitrogens with one attached hydrogen (secondary N) is 1. The van der Waals surface area contributed by atoms with Crippen molar-refractivity contribution in [3.8, 4) is 0 Å². The van der Waals surface area contributed by atoms with Gasteiger partial charge in [0.1, 0.15) is 0 Å². The van der Waals surface area contributed by atoms with Crippen LogP contribution < -0.4 is 11.1 Å². The second kappa shape index (κ2) is 7.07. The second-order valence-electron chi connectivity index (χ2n) is 5.32. The molecule has 2 fully saturated rings. The summed E-state index contributed by atoms with van der Waals surface area (Å²) in [5.74, 6) is 0.208. The first-order chi connectivity index (χ1) is 8.78. The lowest BCUT2D eigenvalue weighted by Crippen LogP contribution is -2.44. The van der Waals surface area contributed by atoms with Crippen LogP contribution in [0, 0.1) is 0 Å². The van der Waals surface area contributed by atoms with E-state index in [1.54, 1.807) is 0 Å². The molecule has 2 aliphatic rings. The standard InChI is InChI=1S/C13H25N3O2/c14-6-1-9-18-12-4-7-16(8-5-12)10-11-2-3-13(17)15-11/h11-12H,1-10,14H2,(H,15,17). The normalized spacial score (nSPS) is 26.5. The van der Waals surface area contributed by atoms with E-state index in [1.165, 1.54) is 0 Å². The highest BCUT2D eigenvalue weighted by atomic mass is 16.5. The molecule has 0 saturated carbocycles. The molecule has 0 bridgehead atoms. The fourth-order valence-electron chi connectivity index (χ4n) is 2.72. The summed E-state index contributed by atoms with van der Waals surface area (Å²) in [5, 5.41) is 3.03. The van der Waals surface area contributed by atoms with Gasteiger partial charge >= 0.3 is 0 Å². The van der Waals surface area contributed by atoms with Crippen LogP contribution in [0.25, 0.3) is 0 Å². The third kappa shape index (κ3) is 4.23. The van der Waals surface area contributed by atoms with Crippen LogP contribution in [-0.4, -0.2) is 55.7 Å². The third-order valence-corrected chi connectivity index (χ3v) is 3.80. The van der Waals surface area contributed by atoms with Crippen LogP contribution in [0.1, 0.15) is 32.1 Å². The van der Waals surface area contributed by atoms with Crippen LogP contribution in [-0.2, 0) is 9.53 Å². The topological polar surface area (TPSA) is 67.6 Å². The van der Waals surface area contributed by atoms with E-state index < -0.39 is 0 Å². The zero-order chi connectivity index (χ0) is 12.8. The summed E-state index contributed by atoms with van der Waals surface area (Å²) >= 11 is 0. The highest BCUT2D eigenvalue weighted by Crippen LogP contribution is 2.16. The van der Waals surface area contributed by atoms with Crippen LogP contribution in [0.2, 0.25) is 0 Å². The lowest BCUT2D eigenvalue weighted by Gasteiger charge is -2.33. The molecule has 1 atom stereocenters. The molecule has 5 nitrogen and oxygen atoms in total. The van der Waals surface area contributed by atoms with Gasteiger partial charge in [0.2, 0.25) is 5.91 Å². The molecule has 2 rings (SSSR count). The number of hydrogen-bond donors (Lipinski definition) is 2. The number of likely N-dealkylation sites (tertiary alicyclic amines) is 1. The van der Waals surface area contributed by atoms with Crippen LogP contribution in [0.5, 0.6) is 0 Å². The Bertz CT molecular complexity index is 265. The Morgan fingerprint density at radius 1 is 1.33 bits per heavy atom. The molecular weight excluding hydrogens is 230 g/mol. The molecule has 1 amide bonds. The van der Waals surface area contributed by atoms with Crippen LogP contribution in [0.4, 0.5) is 0 Å². The average Bonchev–Trinajstić information content (AvgIpc) is 2.77. The van der Waals surface area contributed by atoms with Crippen molar-refractivity contribution in [3.05, 3.63) is 0 Å². The first kappa shape index (κ1) is 13.8. The molecule has 2 saturated heterocycles. The van der Waals surface area contributed by atoms with Gasteiger partial charge in [-0.15, -0.1) is 0 Å². The van der Waals surface area contributed by atoms with E-state index in [0.29, 0.717) is 25.1 Å². The number of rotatable bonds is 6. The van der Waals surface area contributed by atoms with Crippen molar-refractivity contribution >= 4 is 5.91 Å². The number of piperidine rings is 1. The molecule has 1 unspecified atom stereocenters. The van der Waals surface area contributed by atoms with Gasteiger partial charge < -0.3 is 20.7 Å². The number of carbonyl (C=O) groups is 1. The summed E-state index contributed by atoms with van der Waals surface area (Å²) < 4.78 is 5.78. The quantitative estimate of drug-likeness (QED) is 0.660. The number of carbonyl (C=O) groups excluding carboxylic acids is 1. The minimum Gasteiger partial charge on any atom is -0.378 e. The van der Waals surface area contributed by atoms with E-state index in [2.05, 4.69) is 10.2 Å². The highest BCUT2D eigenvalue weighted by molar-refractivity contribution is 5.78. The first-order valence-electron chi connectivity index (χ1n) is 7.11. The van der Waals surface area contributed by atoms with Gasteiger partial charge in [0.25, 0.3) is 0 Å². The Labute approximate surface area is 109 Å². The van der Waals surface area contributed by atoms with Crippen LogP contribution in [0.3, 0.4) is 0 Å². The second-order valence-corrected chi connectivity index (χ2v) is 5.32. The van der Waals surface area contributed by atoms with Gasteiger partial charge in [0, 0.05) is 38.7 Å². The fourth-order valence-corrected chi connectivity index (χ4v) is 2.72. The van der Waals surface area contributed by atoms with E-state index in [0.717, 1.165) is 51.9 Å². The molecule has 0 radical (unpaired) electrons. The molecule has 2 aliphatic heterocycles. The Balaban J connectivity index is 1.59. The lowest BCUT2D eigenvalue weighted by atomic mass is 10.1. The molecular formula is C13H25N3O2. The average molecular weight is 255 g/mol. The van der Waals surface area contributed by atoms with Gasteiger partial charge in [-0.1, -0.05) is 0 Å². The summed E-state index contributed by atoms with van der Waals surface area (Å²) in [6.07, 6.45) is 5.26. The summed E-state index contributed by atoms with van der Waals surface area (Å²) in [6.45, 7) is 4.67. The van der Waals surface area contributed by atoms with Gasteiger partial charge in [0.05, 0.1) is 6.10 Å². The van der Waals surface area contributed by atoms with Crippen molar-refractivity contribution in [3.63, 3.8) is 0 Å². The van der Waals surface area contributed by atoms with Crippen LogP contribution in [0.15, 0.2) is 0 Å². The zero-order valence-electron chi connectivity index (χ0n) is 11.1. The van der Waals surface area contributed by atoms with Gasteiger partial charge in [0.15, 0.2) is 0 Å². The molecule has 18 heavy (non-hydrogen) atoms. The van der Waals surface area contributed by atoms with Gasteiger partial charge in [-0.2, -0.15) is 0 Å². The Kier molecular flexibility index (Phi) is 5.41. The van der Waals surface area contributed by atoms with E-state index in [-0.39, 0.29) is 5.91 Å². The minimum atomic E-state index is 0.208. The Morgan fingerprint density at radius 2 is 2.11 bits per heavy atom. The SMILES string of the molecule is NCCCOC1CCN(CC2CCC(=O)N2)CC1. The fraction of sp³-hybridized carbons (Fsp3) is 0.923. The Hall–Kier alpha value is -0.650. The molecule has 0 spiro atoms. The largest absolute Gasteiger partial charge is 0.378 e. The van der Waals surface area contributed by atoms with E-state index >= 15 is 0 Å². The Morgan fingerprint density at radius 3 is 2.72 bits per heavy atom. The maximum Gasteiger partial charge on any atom is 0.220 e. The molecule has 0 aliphatic carbocycles. The van der Waals surface area contributed by atoms with Gasteiger partial charge in [-0.05, 0) is 32.2 Å². The predicted octanol–water partition coefficient (Wildman–Crippen LogP) is 0.0948. The van der Waals surface area contributed by atoms with Crippen molar-refractivity contribution < 1.29 is 9.53 Å². The maximum atomic E-state index is 11.1.